The Labute approximate surface area is 294 Å². The van der Waals surface area contributed by atoms with Crippen LogP contribution in [-0.4, -0.2) is 48.5 Å². The maximum Gasteiger partial charge on any atom is 0.317 e. The van der Waals surface area contributed by atoms with Gasteiger partial charge in [0.25, 0.3) is 0 Å². The van der Waals surface area contributed by atoms with Crippen LogP contribution in [0.4, 0.5) is 5.69 Å². The van der Waals surface area contributed by atoms with Crippen molar-refractivity contribution in [2.75, 3.05) is 11.4 Å². The van der Waals surface area contributed by atoms with Gasteiger partial charge in [-0.15, -0.1) is 11.3 Å². The third kappa shape index (κ3) is 9.25. The number of benzene rings is 2. The second kappa shape index (κ2) is 16.9. The summed E-state index contributed by atoms with van der Waals surface area (Å²) >= 11 is 1.47. The minimum absolute atomic E-state index is 0.130. The lowest BCUT2D eigenvalue weighted by Gasteiger charge is -2.31. The minimum Gasteiger partial charge on any atom is -0.480 e. The van der Waals surface area contributed by atoms with Crippen LogP contribution in [0, 0.1) is 6.92 Å². The van der Waals surface area contributed by atoms with Gasteiger partial charge >= 0.3 is 5.97 Å². The molecule has 9 nitrogen and oxygen atoms in total. The smallest absolute Gasteiger partial charge is 0.317 e. The third-order valence-corrected chi connectivity index (χ3v) is 9.89. The molecule has 3 heterocycles. The van der Waals surface area contributed by atoms with Gasteiger partial charge in [0.15, 0.2) is 5.58 Å². The zero-order valence-corrected chi connectivity index (χ0v) is 30.5. The highest BCUT2D eigenvalue weighted by Crippen LogP contribution is 2.31. The summed E-state index contributed by atoms with van der Waals surface area (Å²) in [6.45, 7) is 14.3. The van der Waals surface area contributed by atoms with Crippen molar-refractivity contribution in [3.05, 3.63) is 87.3 Å². The molecule has 0 radical (unpaired) electrons. The molecule has 0 aliphatic rings. The molecule has 0 spiro atoms. The zero-order valence-electron chi connectivity index (χ0n) is 29.7. The van der Waals surface area contributed by atoms with E-state index in [1.807, 2.05) is 42.3 Å². The lowest BCUT2D eigenvalue weighted by atomic mass is 9.90. The molecule has 0 bridgehead atoms. The largest absolute Gasteiger partial charge is 0.480 e. The SMILES string of the molecule is C/C=C\c1nc(CN(CC(=O)O)Cc2nc(-c3nc4ccc(CN(c5ccc(C(CCC)CCC)cc5)C(C)CC)cc4o3)cs2)[nH]c1C. The quantitative estimate of drug-likeness (QED) is 0.0940. The molecule has 10 heteroatoms. The Kier molecular flexibility index (Phi) is 12.4. The summed E-state index contributed by atoms with van der Waals surface area (Å²) in [6.07, 6.45) is 9.78. The number of aromatic amines is 1. The van der Waals surface area contributed by atoms with Crippen molar-refractivity contribution in [3.63, 3.8) is 0 Å². The molecule has 2 N–H and O–H groups in total. The predicted molar refractivity (Wildman–Crippen MR) is 200 cm³/mol. The van der Waals surface area contributed by atoms with E-state index in [9.17, 15) is 9.90 Å². The van der Waals surface area contributed by atoms with Crippen LogP contribution in [-0.2, 0) is 24.4 Å². The number of nitrogens with one attached hydrogen (secondary N) is 1. The van der Waals surface area contributed by atoms with Crippen LogP contribution in [0.3, 0.4) is 0 Å². The molecule has 260 valence electrons. The first kappa shape index (κ1) is 36.0. The van der Waals surface area contributed by atoms with E-state index in [1.165, 1.54) is 48.3 Å². The molecule has 5 aromatic rings. The molecular formula is C39H50N6O3S. The molecule has 0 saturated carbocycles. The van der Waals surface area contributed by atoms with Crippen molar-refractivity contribution in [3.8, 4) is 11.6 Å². The Morgan fingerprint density at radius 3 is 2.45 bits per heavy atom. The van der Waals surface area contributed by atoms with Crippen molar-refractivity contribution < 1.29 is 14.3 Å². The summed E-state index contributed by atoms with van der Waals surface area (Å²) in [5.41, 5.74) is 7.78. The van der Waals surface area contributed by atoms with Crippen LogP contribution < -0.4 is 4.90 Å². The number of allylic oxidation sites excluding steroid dienone is 1. The summed E-state index contributed by atoms with van der Waals surface area (Å²) in [4.78, 5) is 33.4. The maximum atomic E-state index is 11.7. The lowest BCUT2D eigenvalue weighted by molar-refractivity contribution is -0.138. The average Bonchev–Trinajstić information content (AvgIpc) is 3.81. The fourth-order valence-electron chi connectivity index (χ4n) is 6.38. The Bertz CT molecular complexity index is 1830. The maximum absolute atomic E-state index is 11.7. The minimum atomic E-state index is -0.903. The molecule has 3 aromatic heterocycles. The van der Waals surface area contributed by atoms with E-state index in [4.69, 9.17) is 14.4 Å². The molecule has 0 amide bonds. The van der Waals surface area contributed by atoms with Gasteiger partial charge in [-0.3, -0.25) is 9.69 Å². The number of carbonyl (C=O) groups is 1. The predicted octanol–water partition coefficient (Wildman–Crippen LogP) is 9.59. The Morgan fingerprint density at radius 1 is 1.02 bits per heavy atom. The summed E-state index contributed by atoms with van der Waals surface area (Å²) in [5, 5.41) is 12.3. The molecule has 1 atom stereocenters. The van der Waals surface area contributed by atoms with Gasteiger partial charge in [0, 0.05) is 29.3 Å². The highest BCUT2D eigenvalue weighted by Gasteiger charge is 2.20. The molecule has 5 rings (SSSR count). The van der Waals surface area contributed by atoms with Crippen LogP contribution in [0.2, 0.25) is 0 Å². The second-order valence-electron chi connectivity index (χ2n) is 12.9. The van der Waals surface area contributed by atoms with Crippen molar-refractivity contribution >= 4 is 40.2 Å². The first-order valence-corrected chi connectivity index (χ1v) is 18.4. The number of oxazole rings is 1. The molecule has 0 aliphatic heterocycles. The number of aromatic nitrogens is 4. The van der Waals surface area contributed by atoms with Crippen LogP contribution in [0.1, 0.15) is 106 Å². The van der Waals surface area contributed by atoms with Gasteiger partial charge in [-0.2, -0.15) is 0 Å². The van der Waals surface area contributed by atoms with Gasteiger partial charge in [-0.25, -0.2) is 15.0 Å². The number of thiazole rings is 1. The van der Waals surface area contributed by atoms with Crippen molar-refractivity contribution in [2.45, 2.75) is 105 Å². The number of hydrogen-bond acceptors (Lipinski definition) is 8. The van der Waals surface area contributed by atoms with Gasteiger partial charge in [0.1, 0.15) is 22.0 Å². The first-order chi connectivity index (χ1) is 23.7. The summed E-state index contributed by atoms with van der Waals surface area (Å²) < 4.78 is 6.26. The summed E-state index contributed by atoms with van der Waals surface area (Å²) in [5.74, 6) is 0.902. The van der Waals surface area contributed by atoms with E-state index < -0.39 is 5.97 Å². The highest BCUT2D eigenvalue weighted by molar-refractivity contribution is 7.09. The van der Waals surface area contributed by atoms with Crippen LogP contribution in [0.15, 0.2) is 58.3 Å². The molecule has 1 unspecified atom stereocenters. The van der Waals surface area contributed by atoms with Crippen LogP contribution >= 0.6 is 11.3 Å². The van der Waals surface area contributed by atoms with Gasteiger partial charge < -0.3 is 19.4 Å². The topological polar surface area (TPSA) is 111 Å². The molecule has 0 fully saturated rings. The normalized spacial score (nSPS) is 12.6. The van der Waals surface area contributed by atoms with E-state index >= 15 is 0 Å². The number of anilines is 1. The fourth-order valence-corrected chi connectivity index (χ4v) is 7.19. The van der Waals surface area contributed by atoms with Gasteiger partial charge in [-0.1, -0.05) is 57.9 Å². The van der Waals surface area contributed by atoms with Crippen molar-refractivity contribution in [2.24, 2.45) is 0 Å². The standard InChI is InChI=1S/C39H50N6O3S/c1-7-11-29(12-8-2)30-15-17-31(18-16-30)45(26(5)10-4)21-28-14-19-33-35(20-28)48-39(43-33)34-25-49-37(42-34)23-44(24-38(46)47)22-36-40-27(6)32(41-36)13-9-3/h9,13-20,25-26,29H,7-8,10-12,21-24H2,1-6H3,(H,40,41)(H,46,47)/b13-9-. The van der Waals surface area contributed by atoms with Gasteiger partial charge in [0.05, 0.1) is 25.3 Å². The van der Waals surface area contributed by atoms with E-state index in [1.54, 1.807) is 0 Å². The van der Waals surface area contributed by atoms with Gasteiger partial charge in [0.2, 0.25) is 5.89 Å². The van der Waals surface area contributed by atoms with E-state index in [2.05, 4.69) is 79.0 Å². The number of rotatable bonds is 18. The van der Waals surface area contributed by atoms with Gasteiger partial charge in [-0.05, 0) is 87.4 Å². The Balaban J connectivity index is 1.31. The average molecular weight is 683 g/mol. The van der Waals surface area contributed by atoms with Crippen LogP contribution in [0.5, 0.6) is 0 Å². The monoisotopic (exact) mass is 682 g/mol. The number of carboxylic acids is 1. The summed E-state index contributed by atoms with van der Waals surface area (Å²) in [7, 11) is 0. The molecule has 0 saturated heterocycles. The number of fused-ring (bicyclic) bond motifs is 1. The number of imidazole rings is 1. The number of aryl methyl sites for hydroxylation is 1. The fraction of sp³-hybridized carbons (Fsp3) is 0.436. The van der Waals surface area contributed by atoms with Crippen molar-refractivity contribution in [1.29, 1.82) is 0 Å². The molecule has 2 aromatic carbocycles. The highest BCUT2D eigenvalue weighted by atomic mass is 32.1. The van der Waals surface area contributed by atoms with Crippen LogP contribution in [0.25, 0.3) is 28.8 Å². The number of H-pyrrole nitrogens is 1. The number of nitrogens with zero attached hydrogens (tertiary/aromatic N) is 5. The number of aliphatic carboxylic acids is 1. The summed E-state index contributed by atoms with van der Waals surface area (Å²) in [6, 6.07) is 15.8. The number of carboxylic acid groups (broad SMARTS) is 1. The second-order valence-corrected chi connectivity index (χ2v) is 13.9. The molecule has 0 aliphatic carbocycles. The lowest BCUT2D eigenvalue weighted by Crippen LogP contribution is -2.32. The van der Waals surface area contributed by atoms with E-state index in [-0.39, 0.29) is 6.54 Å². The molecule has 49 heavy (non-hydrogen) atoms. The third-order valence-electron chi connectivity index (χ3n) is 9.06. The van der Waals surface area contributed by atoms with Crippen molar-refractivity contribution in [1.82, 2.24) is 24.8 Å². The van der Waals surface area contributed by atoms with E-state index in [0.29, 0.717) is 36.6 Å². The number of hydrogen-bond donors (Lipinski definition) is 2. The first-order valence-electron chi connectivity index (χ1n) is 17.5. The molecular weight excluding hydrogens is 633 g/mol. The van der Waals surface area contributed by atoms with E-state index in [0.717, 1.165) is 51.8 Å². The zero-order chi connectivity index (χ0) is 34.9. The Morgan fingerprint density at radius 2 is 1.78 bits per heavy atom. The Hall–Kier alpha value is -4.28.